The van der Waals surface area contributed by atoms with Crippen LogP contribution in [0.3, 0.4) is 0 Å². The Hall–Kier alpha value is -2.84. The van der Waals surface area contributed by atoms with E-state index >= 15 is 0 Å². The summed E-state index contributed by atoms with van der Waals surface area (Å²) in [6.45, 7) is 1.67. The summed E-state index contributed by atoms with van der Waals surface area (Å²) in [5.41, 5.74) is 1.86. The molecule has 3 rings (SSSR count). The van der Waals surface area contributed by atoms with Crippen LogP contribution in [0.25, 0.3) is 0 Å². The Morgan fingerprint density at radius 3 is 2.73 bits per heavy atom. The number of ether oxygens (including phenoxy) is 2. The number of rotatable bonds is 4. The Balaban J connectivity index is 1.86. The summed E-state index contributed by atoms with van der Waals surface area (Å²) >= 11 is 0. The van der Waals surface area contributed by atoms with Crippen molar-refractivity contribution in [3.63, 3.8) is 0 Å². The van der Waals surface area contributed by atoms with Gasteiger partial charge in [-0.2, -0.15) is 0 Å². The summed E-state index contributed by atoms with van der Waals surface area (Å²) in [5.74, 6) is 6.26. The van der Waals surface area contributed by atoms with Gasteiger partial charge in [0.2, 0.25) is 0 Å². The van der Waals surface area contributed by atoms with Gasteiger partial charge in [-0.25, -0.2) is 4.39 Å². The molecular weight excluding hydrogens is 333 g/mol. The van der Waals surface area contributed by atoms with Gasteiger partial charge in [0.25, 0.3) is 0 Å². The maximum atomic E-state index is 14.1. The van der Waals surface area contributed by atoms with Crippen molar-refractivity contribution in [2.45, 2.75) is 19.4 Å². The molecule has 0 aliphatic carbocycles. The third-order valence-corrected chi connectivity index (χ3v) is 4.16. The molecule has 0 aromatic heterocycles. The van der Waals surface area contributed by atoms with Gasteiger partial charge in [0.1, 0.15) is 18.2 Å². The zero-order chi connectivity index (χ0) is 18.2. The summed E-state index contributed by atoms with van der Waals surface area (Å²) in [6.07, 6.45) is 2.96. The first-order chi connectivity index (χ1) is 12.8. The van der Waals surface area contributed by atoms with Crippen LogP contribution in [0.4, 0.5) is 4.39 Å². The van der Waals surface area contributed by atoms with Crippen LogP contribution in [0, 0.1) is 23.6 Å². The van der Waals surface area contributed by atoms with Crippen molar-refractivity contribution in [2.75, 3.05) is 13.2 Å². The van der Waals surface area contributed by atoms with Gasteiger partial charge in [-0.15, -0.1) is 0 Å². The first-order valence-corrected chi connectivity index (χ1v) is 8.53. The van der Waals surface area contributed by atoms with E-state index in [-0.39, 0.29) is 12.5 Å². The molecule has 5 heteroatoms. The first kappa shape index (κ1) is 18.0. The van der Waals surface area contributed by atoms with E-state index in [0.717, 1.165) is 18.4 Å². The molecular formula is C21H20FNO3. The molecule has 4 nitrogen and oxygen atoms in total. The van der Waals surface area contributed by atoms with Crippen molar-refractivity contribution in [3.8, 4) is 17.6 Å². The lowest BCUT2D eigenvalue weighted by Crippen LogP contribution is -2.14. The summed E-state index contributed by atoms with van der Waals surface area (Å²) in [6, 6.07) is 12.2. The van der Waals surface area contributed by atoms with Crippen molar-refractivity contribution < 1.29 is 19.1 Å². The molecule has 26 heavy (non-hydrogen) atoms. The van der Waals surface area contributed by atoms with E-state index in [1.165, 1.54) is 18.3 Å². The molecule has 1 heterocycles. The lowest BCUT2D eigenvalue weighted by molar-refractivity contribution is 0.0807. The Labute approximate surface area is 152 Å². The van der Waals surface area contributed by atoms with E-state index in [4.69, 9.17) is 14.7 Å². The van der Waals surface area contributed by atoms with Gasteiger partial charge in [-0.1, -0.05) is 47.3 Å². The molecule has 0 atom stereocenters. The fourth-order valence-electron chi connectivity index (χ4n) is 2.76. The van der Waals surface area contributed by atoms with E-state index < -0.39 is 5.82 Å². The number of nitrogens with zero attached hydrogens (tertiary/aromatic N) is 1. The van der Waals surface area contributed by atoms with Gasteiger partial charge in [-0.3, -0.25) is 0 Å². The normalized spacial score (nSPS) is 14.8. The van der Waals surface area contributed by atoms with E-state index in [9.17, 15) is 4.39 Å². The van der Waals surface area contributed by atoms with Crippen molar-refractivity contribution in [1.29, 1.82) is 0 Å². The lowest BCUT2D eigenvalue weighted by atomic mass is 9.99. The minimum Gasteiger partial charge on any atom is -0.488 e. The van der Waals surface area contributed by atoms with Crippen LogP contribution in [0.5, 0.6) is 5.75 Å². The van der Waals surface area contributed by atoms with Crippen LogP contribution in [0.1, 0.15) is 29.5 Å². The molecule has 1 fully saturated rings. The van der Waals surface area contributed by atoms with Crippen LogP contribution in [-0.4, -0.2) is 24.6 Å². The van der Waals surface area contributed by atoms with E-state index in [1.54, 1.807) is 0 Å². The average Bonchev–Trinajstić information content (AvgIpc) is 2.68. The zero-order valence-electron chi connectivity index (χ0n) is 14.3. The third-order valence-electron chi connectivity index (χ3n) is 4.16. The second-order valence-corrected chi connectivity index (χ2v) is 6.04. The predicted molar refractivity (Wildman–Crippen MR) is 97.0 cm³/mol. The van der Waals surface area contributed by atoms with Crippen LogP contribution >= 0.6 is 0 Å². The van der Waals surface area contributed by atoms with Gasteiger partial charge < -0.3 is 14.7 Å². The minimum atomic E-state index is -0.445. The van der Waals surface area contributed by atoms with Crippen LogP contribution in [-0.2, 0) is 11.3 Å². The molecule has 2 aromatic rings. The SMILES string of the molecule is O/N=C/c1c(C#CC2CCOCC2)cc(F)cc1OCc1ccccc1. The standard InChI is InChI=1S/C21H20FNO3/c22-19-12-18(7-6-16-8-10-25-11-9-16)20(14-23-24)21(13-19)26-15-17-4-2-1-3-5-17/h1-5,12-14,16,24H,8-11,15H2/b23-14+. The Kier molecular flexibility index (Phi) is 6.24. The highest BCUT2D eigenvalue weighted by Crippen LogP contribution is 2.24. The summed E-state index contributed by atoms with van der Waals surface area (Å²) < 4.78 is 25.1. The van der Waals surface area contributed by atoms with Gasteiger partial charge in [0, 0.05) is 30.8 Å². The van der Waals surface area contributed by atoms with Crippen LogP contribution < -0.4 is 4.74 Å². The summed E-state index contributed by atoms with van der Waals surface area (Å²) in [7, 11) is 0. The quantitative estimate of drug-likeness (QED) is 0.391. The number of hydrogen-bond acceptors (Lipinski definition) is 4. The molecule has 134 valence electrons. The minimum absolute atomic E-state index is 0.222. The molecule has 0 radical (unpaired) electrons. The number of hydrogen-bond donors (Lipinski definition) is 1. The van der Waals surface area contributed by atoms with Gasteiger partial charge in [0.15, 0.2) is 0 Å². The van der Waals surface area contributed by atoms with Gasteiger partial charge >= 0.3 is 0 Å². The van der Waals surface area contributed by atoms with Gasteiger partial charge in [-0.05, 0) is 24.5 Å². The average molecular weight is 353 g/mol. The maximum absolute atomic E-state index is 14.1. The lowest BCUT2D eigenvalue weighted by Gasteiger charge is -2.16. The van der Waals surface area contributed by atoms with E-state index in [0.29, 0.717) is 30.1 Å². The molecule has 2 aromatic carbocycles. The maximum Gasteiger partial charge on any atom is 0.132 e. The van der Waals surface area contributed by atoms with Crippen molar-refractivity contribution >= 4 is 6.21 Å². The Bertz CT molecular complexity index is 818. The highest BCUT2D eigenvalue weighted by Gasteiger charge is 2.13. The fourth-order valence-corrected chi connectivity index (χ4v) is 2.76. The van der Waals surface area contributed by atoms with Crippen LogP contribution in [0.15, 0.2) is 47.6 Å². The first-order valence-electron chi connectivity index (χ1n) is 8.53. The second-order valence-electron chi connectivity index (χ2n) is 6.04. The molecule has 0 spiro atoms. The number of oxime groups is 1. The van der Waals surface area contributed by atoms with Gasteiger partial charge in [0.05, 0.1) is 11.8 Å². The third kappa shape index (κ3) is 4.84. The second kappa shape index (κ2) is 9.02. The van der Waals surface area contributed by atoms with E-state index in [2.05, 4.69) is 17.0 Å². The number of benzene rings is 2. The zero-order valence-corrected chi connectivity index (χ0v) is 14.3. The molecule has 1 aliphatic rings. The molecule has 1 N–H and O–H groups in total. The molecule has 1 aliphatic heterocycles. The van der Waals surface area contributed by atoms with Crippen molar-refractivity contribution in [3.05, 3.63) is 65.0 Å². The monoisotopic (exact) mass is 353 g/mol. The summed E-state index contributed by atoms with van der Waals surface area (Å²) in [4.78, 5) is 0. The molecule has 0 amide bonds. The van der Waals surface area contributed by atoms with Crippen LogP contribution in [0.2, 0.25) is 0 Å². The Morgan fingerprint density at radius 1 is 1.23 bits per heavy atom. The largest absolute Gasteiger partial charge is 0.488 e. The highest BCUT2D eigenvalue weighted by atomic mass is 19.1. The topological polar surface area (TPSA) is 51.1 Å². The van der Waals surface area contributed by atoms with E-state index in [1.807, 2.05) is 30.3 Å². The molecule has 0 saturated carbocycles. The molecule has 1 saturated heterocycles. The smallest absolute Gasteiger partial charge is 0.132 e. The Morgan fingerprint density at radius 2 is 2.00 bits per heavy atom. The summed E-state index contributed by atoms with van der Waals surface area (Å²) in [5, 5.41) is 12.1. The highest BCUT2D eigenvalue weighted by molar-refractivity contribution is 5.87. The van der Waals surface area contributed by atoms with Crippen molar-refractivity contribution in [2.24, 2.45) is 11.1 Å². The number of halogens is 1. The van der Waals surface area contributed by atoms with Crippen molar-refractivity contribution in [1.82, 2.24) is 0 Å². The molecule has 0 bridgehead atoms. The predicted octanol–water partition coefficient (Wildman–Crippen LogP) is 3.99. The fraction of sp³-hybridized carbons (Fsp3) is 0.286. The molecule has 0 unspecified atom stereocenters.